The van der Waals surface area contributed by atoms with E-state index in [0.29, 0.717) is 38.6 Å². The number of fused-ring (bicyclic) bond motifs is 1. The third kappa shape index (κ3) is 7.46. The second-order valence-corrected chi connectivity index (χ2v) is 14.5. The van der Waals surface area contributed by atoms with Crippen LogP contribution in [-0.4, -0.2) is 89.1 Å². The number of ether oxygens (including phenoxy) is 2. The Labute approximate surface area is 308 Å². The van der Waals surface area contributed by atoms with Crippen molar-refractivity contribution in [2.24, 2.45) is 11.8 Å². The van der Waals surface area contributed by atoms with Gasteiger partial charge in [-0.2, -0.15) is 0 Å². The molecule has 0 aromatic heterocycles. The highest BCUT2D eigenvalue weighted by Crippen LogP contribution is 2.59. The van der Waals surface area contributed by atoms with Crippen LogP contribution in [0.5, 0.6) is 0 Å². The van der Waals surface area contributed by atoms with Crippen LogP contribution in [0.4, 0.5) is 5.69 Å². The van der Waals surface area contributed by atoms with E-state index in [2.05, 4.69) is 13.2 Å². The monoisotopic (exact) mass is 713 g/mol. The van der Waals surface area contributed by atoms with E-state index in [1.165, 1.54) is 0 Å². The van der Waals surface area contributed by atoms with Gasteiger partial charge in [-0.1, -0.05) is 73.5 Å². The second kappa shape index (κ2) is 17.0. The molecule has 0 radical (unpaired) electrons. The number of hydrogen-bond acceptors (Lipinski definition) is 7. The SMILES string of the molecule is C=CCCC(=O)N(C)[C@H](C)[C@H](OC(=O)[C@@H]1[C@H]2C(=O)N(CCCCCCO)[C@H](C(=O)N(CC=C)c3c(C)cccc3C)[C@]23CC[C@H]1O3)c1ccccc1. The van der Waals surface area contributed by atoms with Crippen molar-refractivity contribution in [3.8, 4) is 0 Å². The smallest absolute Gasteiger partial charge is 0.313 e. The number of aliphatic hydroxyl groups excluding tert-OH is 1. The van der Waals surface area contributed by atoms with Crippen molar-refractivity contribution < 1.29 is 33.8 Å². The maximum absolute atomic E-state index is 15.0. The van der Waals surface area contributed by atoms with E-state index >= 15 is 4.79 Å². The van der Waals surface area contributed by atoms with Gasteiger partial charge < -0.3 is 29.3 Å². The largest absolute Gasteiger partial charge is 0.455 e. The summed E-state index contributed by atoms with van der Waals surface area (Å²) in [6, 6.07) is 13.8. The molecule has 0 aliphatic carbocycles. The first kappa shape index (κ1) is 38.9. The zero-order valence-corrected chi connectivity index (χ0v) is 31.2. The molecule has 2 bridgehead atoms. The Morgan fingerprint density at radius 1 is 1.04 bits per heavy atom. The molecule has 3 aliphatic rings. The average Bonchev–Trinajstić information content (AvgIpc) is 3.79. The molecular formula is C42H55N3O7. The van der Waals surface area contributed by atoms with Crippen molar-refractivity contribution in [3.05, 3.63) is 90.5 Å². The first-order chi connectivity index (χ1) is 25.0. The standard InChI is InChI=1S/C42H55N3O7/c1-7-9-22-33(47)43(6)30(5)37(31-20-13-12-14-21-31)51-41(50)34-32-23-24-42(52-32)35(34)39(48)45(26-15-10-11-16-27-46)38(42)40(49)44(25-8-2)36-28(3)18-17-19-29(36)4/h7-8,12-14,17-21,30,32,34-35,37-38,46H,1-2,9-11,15-16,22-27H2,3-6H3/t30-,32-,34+,35+,37+,38-,42+/m1/s1. The number of carbonyl (C=O) groups is 4. The fraction of sp³-hybridized carbons (Fsp3) is 0.524. The van der Waals surface area contributed by atoms with E-state index < -0.39 is 47.7 Å². The fourth-order valence-corrected chi connectivity index (χ4v) is 8.61. The highest BCUT2D eigenvalue weighted by molar-refractivity contribution is 6.05. The lowest BCUT2D eigenvalue weighted by Gasteiger charge is -2.37. The minimum atomic E-state index is -1.20. The van der Waals surface area contributed by atoms with Gasteiger partial charge in [0.2, 0.25) is 11.8 Å². The van der Waals surface area contributed by atoms with Crippen LogP contribution in [0.25, 0.3) is 0 Å². The summed E-state index contributed by atoms with van der Waals surface area (Å²) in [4.78, 5) is 62.2. The molecule has 3 saturated heterocycles. The maximum Gasteiger partial charge on any atom is 0.313 e. The Balaban J connectivity index is 1.50. The van der Waals surface area contributed by atoms with Gasteiger partial charge in [-0.05, 0) is 69.6 Å². The van der Waals surface area contributed by atoms with Gasteiger partial charge in [0.1, 0.15) is 17.7 Å². The number of anilines is 1. The maximum atomic E-state index is 15.0. The quantitative estimate of drug-likeness (QED) is 0.117. The van der Waals surface area contributed by atoms with Crippen LogP contribution in [0.3, 0.4) is 0 Å². The normalized spacial score (nSPS) is 24.2. The molecule has 1 spiro atoms. The number of likely N-dealkylation sites (tertiary alicyclic amines) is 1. The number of benzene rings is 2. The van der Waals surface area contributed by atoms with Crippen molar-refractivity contribution in [2.75, 3.05) is 31.6 Å². The highest BCUT2D eigenvalue weighted by Gasteiger charge is 2.75. The van der Waals surface area contributed by atoms with Gasteiger partial charge in [0.25, 0.3) is 5.91 Å². The minimum absolute atomic E-state index is 0.0958. The van der Waals surface area contributed by atoms with E-state index in [9.17, 15) is 19.5 Å². The summed E-state index contributed by atoms with van der Waals surface area (Å²) in [5.41, 5.74) is 2.16. The topological polar surface area (TPSA) is 117 Å². The lowest BCUT2D eigenvalue weighted by molar-refractivity contribution is -0.164. The van der Waals surface area contributed by atoms with Gasteiger partial charge in [0, 0.05) is 38.9 Å². The number of allylic oxidation sites excluding steroid dienone is 1. The summed E-state index contributed by atoms with van der Waals surface area (Å²) in [6.45, 7) is 14.1. The van der Waals surface area contributed by atoms with Crippen LogP contribution in [-0.2, 0) is 28.7 Å². The number of unbranched alkanes of at least 4 members (excludes halogenated alkanes) is 3. The molecule has 3 heterocycles. The Bertz CT molecular complexity index is 1610. The molecule has 10 heteroatoms. The summed E-state index contributed by atoms with van der Waals surface area (Å²) in [7, 11) is 1.70. The van der Waals surface area contributed by atoms with E-state index in [0.717, 1.165) is 35.2 Å². The Morgan fingerprint density at radius 2 is 1.73 bits per heavy atom. The lowest BCUT2D eigenvalue weighted by atomic mass is 9.70. The molecule has 2 aromatic rings. The number of nitrogens with zero attached hydrogens (tertiary/aromatic N) is 3. The Kier molecular flexibility index (Phi) is 12.8. The number of para-hydroxylation sites is 1. The lowest BCUT2D eigenvalue weighted by Crippen LogP contribution is -2.56. The molecule has 5 rings (SSSR count). The van der Waals surface area contributed by atoms with Gasteiger partial charge in [-0.15, -0.1) is 13.2 Å². The van der Waals surface area contributed by atoms with Crippen LogP contribution < -0.4 is 4.90 Å². The van der Waals surface area contributed by atoms with E-state index in [-0.39, 0.29) is 37.3 Å². The average molecular weight is 714 g/mol. The van der Waals surface area contributed by atoms with Gasteiger partial charge in [-0.3, -0.25) is 19.2 Å². The zero-order valence-electron chi connectivity index (χ0n) is 31.2. The first-order valence-electron chi connectivity index (χ1n) is 18.7. The molecule has 7 atom stereocenters. The molecule has 1 N–H and O–H groups in total. The Hall–Kier alpha value is -4.28. The number of aryl methyl sites for hydroxylation is 2. The number of hydrogen-bond donors (Lipinski definition) is 1. The van der Waals surface area contributed by atoms with Crippen LogP contribution in [0.15, 0.2) is 73.8 Å². The molecule has 10 nitrogen and oxygen atoms in total. The summed E-state index contributed by atoms with van der Waals surface area (Å²) >= 11 is 0. The number of aliphatic hydroxyl groups is 1. The summed E-state index contributed by atoms with van der Waals surface area (Å²) in [5.74, 6) is -3.00. The van der Waals surface area contributed by atoms with Crippen molar-refractivity contribution in [3.63, 3.8) is 0 Å². The second-order valence-electron chi connectivity index (χ2n) is 14.5. The van der Waals surface area contributed by atoms with Crippen molar-refractivity contribution >= 4 is 29.4 Å². The van der Waals surface area contributed by atoms with Crippen LogP contribution in [0, 0.1) is 25.7 Å². The summed E-state index contributed by atoms with van der Waals surface area (Å²) < 4.78 is 13.1. The third-order valence-electron chi connectivity index (χ3n) is 11.3. The molecule has 280 valence electrons. The predicted molar refractivity (Wildman–Crippen MR) is 200 cm³/mol. The van der Waals surface area contributed by atoms with E-state index in [1.54, 1.807) is 33.9 Å². The molecular weight excluding hydrogens is 658 g/mol. The highest BCUT2D eigenvalue weighted by atomic mass is 16.6. The van der Waals surface area contributed by atoms with Crippen molar-refractivity contribution in [1.29, 1.82) is 0 Å². The van der Waals surface area contributed by atoms with Crippen LogP contribution in [0.1, 0.15) is 81.1 Å². The zero-order chi connectivity index (χ0) is 37.6. The van der Waals surface area contributed by atoms with Crippen LogP contribution >= 0.6 is 0 Å². The molecule has 0 unspecified atom stereocenters. The Morgan fingerprint density at radius 3 is 2.38 bits per heavy atom. The number of amides is 3. The molecule has 2 aromatic carbocycles. The minimum Gasteiger partial charge on any atom is -0.455 e. The van der Waals surface area contributed by atoms with Gasteiger partial charge in [-0.25, -0.2) is 0 Å². The number of rotatable bonds is 18. The van der Waals surface area contributed by atoms with E-state index in [4.69, 9.17) is 9.47 Å². The van der Waals surface area contributed by atoms with Crippen molar-refractivity contribution in [1.82, 2.24) is 9.80 Å². The summed E-state index contributed by atoms with van der Waals surface area (Å²) in [6.07, 6.45) is 6.67. The van der Waals surface area contributed by atoms with Gasteiger partial charge >= 0.3 is 5.97 Å². The molecule has 0 saturated carbocycles. The first-order valence-corrected chi connectivity index (χ1v) is 18.7. The third-order valence-corrected chi connectivity index (χ3v) is 11.3. The molecule has 52 heavy (non-hydrogen) atoms. The van der Waals surface area contributed by atoms with E-state index in [1.807, 2.05) is 69.3 Å². The fourth-order valence-electron chi connectivity index (χ4n) is 8.61. The van der Waals surface area contributed by atoms with Gasteiger partial charge in [0.05, 0.1) is 24.0 Å². The molecule has 3 aliphatic heterocycles. The number of carbonyl (C=O) groups excluding carboxylic acids is 4. The number of esters is 1. The van der Waals surface area contributed by atoms with Crippen LogP contribution in [0.2, 0.25) is 0 Å². The van der Waals surface area contributed by atoms with Crippen molar-refractivity contribution in [2.45, 2.75) is 102 Å². The predicted octanol–water partition coefficient (Wildman–Crippen LogP) is 5.85. The number of likely N-dealkylation sites (N-methyl/N-ethyl adjacent to an activating group) is 1. The van der Waals surface area contributed by atoms with Gasteiger partial charge in [0.15, 0.2) is 0 Å². The molecule has 3 amide bonds. The summed E-state index contributed by atoms with van der Waals surface area (Å²) in [5, 5.41) is 9.31. The molecule has 3 fully saturated rings.